The molecule has 0 radical (unpaired) electrons. The van der Waals surface area contributed by atoms with Crippen molar-refractivity contribution in [2.75, 3.05) is 19.6 Å². The van der Waals surface area contributed by atoms with Crippen molar-refractivity contribution in [3.63, 3.8) is 0 Å². The molecule has 1 saturated heterocycles. The zero-order chi connectivity index (χ0) is 16.8. The minimum absolute atomic E-state index is 0.0348. The Labute approximate surface area is 138 Å². The lowest BCUT2D eigenvalue weighted by atomic mass is 10.1. The summed E-state index contributed by atoms with van der Waals surface area (Å²) in [5, 5.41) is 13.1. The van der Waals surface area contributed by atoms with Crippen molar-refractivity contribution < 1.29 is 14.6 Å². The molecule has 23 heavy (non-hydrogen) atoms. The maximum Gasteiger partial charge on any atom is 0.234 e. The van der Waals surface area contributed by atoms with Crippen molar-refractivity contribution in [3.8, 4) is 5.75 Å². The molecule has 0 bridgehead atoms. The summed E-state index contributed by atoms with van der Waals surface area (Å²) in [7, 11) is 0. The van der Waals surface area contributed by atoms with Crippen LogP contribution < -0.4 is 10.1 Å². The Morgan fingerprint density at radius 3 is 2.91 bits per heavy atom. The van der Waals surface area contributed by atoms with Gasteiger partial charge in [0.15, 0.2) is 0 Å². The summed E-state index contributed by atoms with van der Waals surface area (Å²) in [6.07, 6.45) is 1.66. The summed E-state index contributed by atoms with van der Waals surface area (Å²) in [6.45, 7) is 7.67. The third-order valence-corrected chi connectivity index (χ3v) is 4.14. The Balaban J connectivity index is 1.82. The molecule has 1 aliphatic heterocycles. The summed E-state index contributed by atoms with van der Waals surface area (Å²) in [6, 6.07) is 7.84. The first-order valence-electron chi connectivity index (χ1n) is 8.41. The predicted molar refractivity (Wildman–Crippen MR) is 90.4 cm³/mol. The van der Waals surface area contributed by atoms with E-state index in [2.05, 4.69) is 17.1 Å². The molecule has 128 valence electrons. The van der Waals surface area contributed by atoms with Gasteiger partial charge in [-0.3, -0.25) is 9.69 Å². The van der Waals surface area contributed by atoms with Crippen LogP contribution in [0.15, 0.2) is 24.3 Å². The molecule has 1 amide bonds. The number of amides is 1. The van der Waals surface area contributed by atoms with Crippen molar-refractivity contribution in [1.82, 2.24) is 10.2 Å². The quantitative estimate of drug-likeness (QED) is 0.808. The van der Waals surface area contributed by atoms with Crippen LogP contribution in [-0.4, -0.2) is 47.7 Å². The van der Waals surface area contributed by atoms with Gasteiger partial charge < -0.3 is 15.2 Å². The Morgan fingerprint density at radius 1 is 1.48 bits per heavy atom. The molecule has 1 aliphatic rings. The van der Waals surface area contributed by atoms with Gasteiger partial charge >= 0.3 is 0 Å². The second-order valence-corrected chi connectivity index (χ2v) is 6.52. The average Bonchev–Trinajstić information content (AvgIpc) is 2.89. The standard InChI is InChI=1S/C18H28N2O3/c1-13(2)23-16-8-4-7-15(10-16)17(21)11-19-18(22)12-20-9-5-6-14(20)3/h4,7-8,10,13-14,17,21H,5-6,9,11-12H2,1-3H3,(H,19,22). The summed E-state index contributed by atoms with van der Waals surface area (Å²) >= 11 is 0. The van der Waals surface area contributed by atoms with Crippen LogP contribution in [0, 0.1) is 0 Å². The van der Waals surface area contributed by atoms with Crippen molar-refractivity contribution in [2.24, 2.45) is 0 Å². The van der Waals surface area contributed by atoms with Gasteiger partial charge in [-0.15, -0.1) is 0 Å². The minimum atomic E-state index is -0.731. The highest BCUT2D eigenvalue weighted by Gasteiger charge is 2.22. The smallest absolute Gasteiger partial charge is 0.234 e. The van der Waals surface area contributed by atoms with Crippen LogP contribution in [0.3, 0.4) is 0 Å². The normalized spacial score (nSPS) is 19.8. The number of rotatable bonds is 7. The van der Waals surface area contributed by atoms with Crippen LogP contribution in [-0.2, 0) is 4.79 Å². The number of benzene rings is 1. The Hall–Kier alpha value is -1.59. The van der Waals surface area contributed by atoms with Crippen molar-refractivity contribution in [3.05, 3.63) is 29.8 Å². The molecular weight excluding hydrogens is 292 g/mol. The predicted octanol–water partition coefficient (Wildman–Crippen LogP) is 2.11. The highest BCUT2D eigenvalue weighted by atomic mass is 16.5. The van der Waals surface area contributed by atoms with E-state index in [0.29, 0.717) is 12.6 Å². The first-order chi connectivity index (χ1) is 11.0. The van der Waals surface area contributed by atoms with Gasteiger partial charge in [0.25, 0.3) is 0 Å². The molecular formula is C18H28N2O3. The number of hydrogen-bond donors (Lipinski definition) is 2. The molecule has 2 rings (SSSR count). The van der Waals surface area contributed by atoms with Crippen molar-refractivity contribution in [2.45, 2.75) is 51.9 Å². The van der Waals surface area contributed by atoms with Crippen LogP contribution in [0.4, 0.5) is 0 Å². The zero-order valence-electron chi connectivity index (χ0n) is 14.3. The molecule has 2 N–H and O–H groups in total. The van der Waals surface area contributed by atoms with E-state index in [-0.39, 0.29) is 18.6 Å². The summed E-state index contributed by atoms with van der Waals surface area (Å²) in [5.41, 5.74) is 0.748. The number of nitrogens with one attached hydrogen (secondary N) is 1. The first kappa shape index (κ1) is 17.8. The maximum atomic E-state index is 12.0. The number of carbonyl (C=O) groups is 1. The monoisotopic (exact) mass is 320 g/mol. The third kappa shape index (κ3) is 5.52. The largest absolute Gasteiger partial charge is 0.491 e. The fraction of sp³-hybridized carbons (Fsp3) is 0.611. The van der Waals surface area contributed by atoms with Gasteiger partial charge in [-0.05, 0) is 57.9 Å². The second kappa shape index (κ2) is 8.31. The van der Waals surface area contributed by atoms with E-state index in [0.717, 1.165) is 30.7 Å². The topological polar surface area (TPSA) is 61.8 Å². The Kier molecular flexibility index (Phi) is 6.42. The van der Waals surface area contributed by atoms with Crippen LogP contribution in [0.25, 0.3) is 0 Å². The van der Waals surface area contributed by atoms with Crippen molar-refractivity contribution in [1.29, 1.82) is 0 Å². The van der Waals surface area contributed by atoms with Crippen molar-refractivity contribution >= 4 is 5.91 Å². The number of aliphatic hydroxyl groups is 1. The first-order valence-corrected chi connectivity index (χ1v) is 8.41. The molecule has 0 aliphatic carbocycles. The van der Waals surface area contributed by atoms with Gasteiger partial charge in [-0.25, -0.2) is 0 Å². The average molecular weight is 320 g/mol. The molecule has 2 atom stereocenters. The van der Waals surface area contributed by atoms with E-state index in [9.17, 15) is 9.90 Å². The van der Waals surface area contributed by atoms with Crippen LogP contribution in [0.2, 0.25) is 0 Å². The molecule has 5 heteroatoms. The summed E-state index contributed by atoms with van der Waals surface area (Å²) in [4.78, 5) is 14.2. The molecule has 0 saturated carbocycles. The molecule has 5 nitrogen and oxygen atoms in total. The van der Waals surface area contributed by atoms with Gasteiger partial charge in [0.05, 0.1) is 18.8 Å². The van der Waals surface area contributed by atoms with Crippen LogP contribution in [0.1, 0.15) is 45.3 Å². The molecule has 1 aromatic rings. The molecule has 0 spiro atoms. The number of carbonyl (C=O) groups excluding carboxylic acids is 1. The zero-order valence-corrected chi connectivity index (χ0v) is 14.3. The number of ether oxygens (including phenoxy) is 1. The highest BCUT2D eigenvalue weighted by Crippen LogP contribution is 2.20. The molecule has 1 aromatic carbocycles. The van der Waals surface area contributed by atoms with Gasteiger partial charge in [0.2, 0.25) is 5.91 Å². The fourth-order valence-electron chi connectivity index (χ4n) is 2.86. The number of aliphatic hydroxyl groups excluding tert-OH is 1. The van der Waals surface area contributed by atoms with E-state index in [4.69, 9.17) is 4.74 Å². The number of hydrogen-bond acceptors (Lipinski definition) is 4. The Bertz CT molecular complexity index is 519. The third-order valence-electron chi connectivity index (χ3n) is 4.14. The SMILES string of the molecule is CC(C)Oc1cccc(C(O)CNC(=O)CN2CCCC2C)c1. The maximum absolute atomic E-state index is 12.0. The van der Waals surface area contributed by atoms with E-state index >= 15 is 0 Å². The molecule has 1 heterocycles. The molecule has 0 aromatic heterocycles. The second-order valence-electron chi connectivity index (χ2n) is 6.52. The van der Waals surface area contributed by atoms with Gasteiger partial charge in [-0.1, -0.05) is 12.1 Å². The molecule has 1 fully saturated rings. The lowest BCUT2D eigenvalue weighted by Gasteiger charge is -2.21. The van der Waals surface area contributed by atoms with Crippen LogP contribution in [0.5, 0.6) is 5.75 Å². The minimum Gasteiger partial charge on any atom is -0.491 e. The van der Waals surface area contributed by atoms with E-state index in [1.807, 2.05) is 38.1 Å². The molecule has 2 unspecified atom stereocenters. The Morgan fingerprint density at radius 2 is 2.26 bits per heavy atom. The lowest BCUT2D eigenvalue weighted by Crippen LogP contribution is -2.40. The lowest BCUT2D eigenvalue weighted by molar-refractivity contribution is -0.122. The highest BCUT2D eigenvalue weighted by molar-refractivity contribution is 5.78. The summed E-state index contributed by atoms with van der Waals surface area (Å²) < 4.78 is 5.63. The number of nitrogens with zero attached hydrogens (tertiary/aromatic N) is 1. The summed E-state index contributed by atoms with van der Waals surface area (Å²) in [5.74, 6) is 0.696. The van der Waals surface area contributed by atoms with E-state index < -0.39 is 6.10 Å². The van der Waals surface area contributed by atoms with Gasteiger partial charge in [-0.2, -0.15) is 0 Å². The van der Waals surface area contributed by atoms with Crippen LogP contribution >= 0.6 is 0 Å². The fourth-order valence-corrected chi connectivity index (χ4v) is 2.86. The van der Waals surface area contributed by atoms with Gasteiger partial charge in [0.1, 0.15) is 5.75 Å². The van der Waals surface area contributed by atoms with E-state index in [1.54, 1.807) is 0 Å². The van der Waals surface area contributed by atoms with E-state index in [1.165, 1.54) is 0 Å². The number of likely N-dealkylation sites (tertiary alicyclic amines) is 1. The van der Waals surface area contributed by atoms with Gasteiger partial charge in [0, 0.05) is 12.6 Å².